The fraction of sp³-hybridized carbons (Fsp3) is 0.250. The van der Waals surface area contributed by atoms with Crippen LogP contribution in [0.5, 0.6) is 0 Å². The van der Waals surface area contributed by atoms with Crippen LogP contribution < -0.4 is 0 Å². The van der Waals surface area contributed by atoms with E-state index in [1.54, 1.807) is 0 Å². The molecule has 76 valence electrons. The fourth-order valence-electron chi connectivity index (χ4n) is 2.48. The summed E-state index contributed by atoms with van der Waals surface area (Å²) in [5.74, 6) is -1.06. The van der Waals surface area contributed by atoms with Gasteiger partial charge in [0.15, 0.2) is 0 Å². The lowest BCUT2D eigenvalue weighted by atomic mass is 9.84. The van der Waals surface area contributed by atoms with Gasteiger partial charge in [-0.1, -0.05) is 12.1 Å². The van der Waals surface area contributed by atoms with Gasteiger partial charge in [-0.05, 0) is 30.0 Å². The Balaban J connectivity index is 2.31. The first-order valence-corrected chi connectivity index (χ1v) is 5.09. The van der Waals surface area contributed by atoms with Gasteiger partial charge in [-0.3, -0.25) is 4.79 Å². The zero-order valence-electron chi connectivity index (χ0n) is 8.16. The fourth-order valence-corrected chi connectivity index (χ4v) is 2.48. The van der Waals surface area contributed by atoms with Gasteiger partial charge in [0.05, 0.1) is 5.92 Å². The van der Waals surface area contributed by atoms with Crippen LogP contribution in [-0.2, 0) is 11.2 Å². The molecule has 1 heterocycles. The first kappa shape index (κ1) is 8.53. The molecule has 0 saturated heterocycles. The summed E-state index contributed by atoms with van der Waals surface area (Å²) in [5.41, 5.74) is 3.26. The number of rotatable bonds is 1. The number of benzene rings is 1. The zero-order valence-corrected chi connectivity index (χ0v) is 8.16. The van der Waals surface area contributed by atoms with E-state index >= 15 is 0 Å². The number of aromatic nitrogens is 1. The average Bonchev–Trinajstić information content (AvgIpc) is 2.65. The third-order valence-corrected chi connectivity index (χ3v) is 3.20. The van der Waals surface area contributed by atoms with E-state index in [1.807, 2.05) is 18.3 Å². The summed E-state index contributed by atoms with van der Waals surface area (Å²) in [5, 5.41) is 10.2. The van der Waals surface area contributed by atoms with Crippen LogP contribution in [0.1, 0.15) is 23.5 Å². The van der Waals surface area contributed by atoms with Crippen molar-refractivity contribution in [3.8, 4) is 0 Å². The van der Waals surface area contributed by atoms with Crippen LogP contribution >= 0.6 is 0 Å². The molecule has 1 atom stereocenters. The summed E-state index contributed by atoms with van der Waals surface area (Å²) in [6.45, 7) is 0. The highest BCUT2D eigenvalue weighted by molar-refractivity contribution is 5.92. The van der Waals surface area contributed by atoms with Gasteiger partial charge in [0, 0.05) is 17.1 Å². The van der Waals surface area contributed by atoms with Crippen LogP contribution in [0.3, 0.4) is 0 Å². The summed E-state index contributed by atoms with van der Waals surface area (Å²) in [7, 11) is 0. The molecule has 3 rings (SSSR count). The number of H-pyrrole nitrogens is 1. The standard InChI is InChI=1S/C12H11NO2/c14-12(15)8-5-4-7-2-1-3-10-11(7)9(8)6-13-10/h1-3,6,8,13H,4-5H2,(H,14,15). The number of aliphatic carboxylic acids is 1. The summed E-state index contributed by atoms with van der Waals surface area (Å²) in [6.07, 6.45) is 3.41. The monoisotopic (exact) mass is 201 g/mol. The number of aromatic amines is 1. The van der Waals surface area contributed by atoms with E-state index in [-0.39, 0.29) is 5.92 Å². The number of aryl methyl sites for hydroxylation is 1. The first-order chi connectivity index (χ1) is 7.27. The smallest absolute Gasteiger partial charge is 0.311 e. The molecule has 1 unspecified atom stereocenters. The average molecular weight is 201 g/mol. The largest absolute Gasteiger partial charge is 0.481 e. The van der Waals surface area contributed by atoms with Gasteiger partial charge in [0.1, 0.15) is 0 Å². The second-order valence-electron chi connectivity index (χ2n) is 4.01. The lowest BCUT2D eigenvalue weighted by molar-refractivity contribution is -0.139. The molecule has 2 aromatic rings. The van der Waals surface area contributed by atoms with Crippen LogP contribution in [0.15, 0.2) is 24.4 Å². The van der Waals surface area contributed by atoms with Crippen LogP contribution in [-0.4, -0.2) is 16.1 Å². The minimum absolute atomic E-state index is 0.339. The summed E-state index contributed by atoms with van der Waals surface area (Å²) in [6, 6.07) is 6.09. The Labute approximate surface area is 86.7 Å². The van der Waals surface area contributed by atoms with E-state index in [0.29, 0.717) is 6.42 Å². The highest BCUT2D eigenvalue weighted by atomic mass is 16.4. The van der Waals surface area contributed by atoms with Crippen molar-refractivity contribution in [1.29, 1.82) is 0 Å². The number of nitrogens with one attached hydrogen (secondary N) is 1. The number of carboxylic acid groups (broad SMARTS) is 1. The van der Waals surface area contributed by atoms with Gasteiger partial charge >= 0.3 is 5.97 Å². The Bertz CT molecular complexity index is 542. The molecule has 1 aromatic heterocycles. The van der Waals surface area contributed by atoms with E-state index in [1.165, 1.54) is 5.56 Å². The minimum atomic E-state index is -0.717. The Morgan fingerprint density at radius 1 is 1.47 bits per heavy atom. The molecule has 3 nitrogen and oxygen atoms in total. The molecule has 0 saturated carbocycles. The molecule has 0 aliphatic heterocycles. The topological polar surface area (TPSA) is 53.1 Å². The number of carboxylic acids is 1. The van der Waals surface area contributed by atoms with Gasteiger partial charge in [-0.15, -0.1) is 0 Å². The maximum Gasteiger partial charge on any atom is 0.311 e. The molecule has 1 aliphatic carbocycles. The molecule has 1 aromatic carbocycles. The first-order valence-electron chi connectivity index (χ1n) is 5.09. The molecule has 2 N–H and O–H groups in total. The van der Waals surface area contributed by atoms with Crippen molar-refractivity contribution < 1.29 is 9.90 Å². The van der Waals surface area contributed by atoms with Crippen LogP contribution in [0.2, 0.25) is 0 Å². The van der Waals surface area contributed by atoms with Gasteiger partial charge in [-0.2, -0.15) is 0 Å². The predicted molar refractivity (Wildman–Crippen MR) is 57.0 cm³/mol. The Morgan fingerprint density at radius 2 is 2.33 bits per heavy atom. The van der Waals surface area contributed by atoms with E-state index in [4.69, 9.17) is 5.11 Å². The van der Waals surface area contributed by atoms with Crippen LogP contribution in [0, 0.1) is 0 Å². The van der Waals surface area contributed by atoms with Crippen molar-refractivity contribution in [1.82, 2.24) is 4.98 Å². The molecule has 0 radical (unpaired) electrons. The van der Waals surface area contributed by atoms with Crippen LogP contribution in [0.4, 0.5) is 0 Å². The number of carbonyl (C=O) groups is 1. The van der Waals surface area contributed by atoms with Crippen molar-refractivity contribution in [3.63, 3.8) is 0 Å². The van der Waals surface area contributed by atoms with Crippen molar-refractivity contribution in [2.45, 2.75) is 18.8 Å². The summed E-state index contributed by atoms with van der Waals surface area (Å²) >= 11 is 0. The Hall–Kier alpha value is -1.77. The second kappa shape index (κ2) is 2.86. The van der Waals surface area contributed by atoms with Crippen molar-refractivity contribution in [2.75, 3.05) is 0 Å². The molecular weight excluding hydrogens is 190 g/mol. The SMILES string of the molecule is O=C(O)C1CCc2cccc3[nH]cc1c23. The highest BCUT2D eigenvalue weighted by Gasteiger charge is 2.27. The minimum Gasteiger partial charge on any atom is -0.481 e. The van der Waals surface area contributed by atoms with E-state index in [0.717, 1.165) is 22.9 Å². The maximum absolute atomic E-state index is 11.1. The van der Waals surface area contributed by atoms with Gasteiger partial charge in [0.2, 0.25) is 0 Å². The van der Waals surface area contributed by atoms with Crippen molar-refractivity contribution in [2.24, 2.45) is 0 Å². The van der Waals surface area contributed by atoms with Gasteiger partial charge in [0.25, 0.3) is 0 Å². The molecule has 0 spiro atoms. The lowest BCUT2D eigenvalue weighted by Gasteiger charge is -2.18. The molecule has 0 amide bonds. The number of hydrogen-bond donors (Lipinski definition) is 2. The summed E-state index contributed by atoms with van der Waals surface area (Å²) < 4.78 is 0. The molecule has 15 heavy (non-hydrogen) atoms. The molecule has 3 heteroatoms. The van der Waals surface area contributed by atoms with Crippen molar-refractivity contribution >= 4 is 16.9 Å². The normalized spacial score (nSPS) is 19.3. The highest BCUT2D eigenvalue weighted by Crippen LogP contribution is 2.36. The zero-order chi connectivity index (χ0) is 10.4. The molecule has 0 bridgehead atoms. The van der Waals surface area contributed by atoms with Crippen molar-refractivity contribution in [3.05, 3.63) is 35.5 Å². The summed E-state index contributed by atoms with van der Waals surface area (Å²) in [4.78, 5) is 14.2. The van der Waals surface area contributed by atoms with Crippen LogP contribution in [0.25, 0.3) is 10.9 Å². The van der Waals surface area contributed by atoms with E-state index in [9.17, 15) is 4.79 Å². The Kier molecular flexibility index (Phi) is 1.63. The van der Waals surface area contributed by atoms with Gasteiger partial charge in [-0.25, -0.2) is 0 Å². The molecule has 1 aliphatic rings. The third kappa shape index (κ3) is 1.09. The maximum atomic E-state index is 11.1. The predicted octanol–water partition coefficient (Wildman–Crippen LogP) is 2.28. The number of hydrogen-bond acceptors (Lipinski definition) is 1. The Morgan fingerprint density at radius 3 is 3.13 bits per heavy atom. The molecule has 0 fully saturated rings. The van der Waals surface area contributed by atoms with E-state index in [2.05, 4.69) is 11.1 Å². The second-order valence-corrected chi connectivity index (χ2v) is 4.01. The lowest BCUT2D eigenvalue weighted by Crippen LogP contribution is -2.15. The molecular formula is C12H11NO2. The van der Waals surface area contributed by atoms with E-state index < -0.39 is 5.97 Å². The third-order valence-electron chi connectivity index (χ3n) is 3.20. The van der Waals surface area contributed by atoms with Gasteiger partial charge < -0.3 is 10.1 Å². The quantitative estimate of drug-likeness (QED) is 0.743.